The highest BCUT2D eigenvalue weighted by molar-refractivity contribution is 5.98. The van der Waals surface area contributed by atoms with E-state index in [9.17, 15) is 9.59 Å². The highest BCUT2D eigenvalue weighted by atomic mass is 16.6. The molecular weight excluding hydrogens is 438 g/mol. The summed E-state index contributed by atoms with van der Waals surface area (Å²) in [6, 6.07) is 9.99. The summed E-state index contributed by atoms with van der Waals surface area (Å²) >= 11 is 0. The number of nitrogens with one attached hydrogen (secondary N) is 3. The Morgan fingerprint density at radius 3 is 2.71 bits per heavy atom. The molecule has 0 aliphatic heterocycles. The van der Waals surface area contributed by atoms with Gasteiger partial charge in [-0.15, -0.1) is 0 Å². The molecule has 12 nitrogen and oxygen atoms in total. The quantitative estimate of drug-likeness (QED) is 0.199. The van der Waals surface area contributed by atoms with Crippen LogP contribution < -0.4 is 21.7 Å². The summed E-state index contributed by atoms with van der Waals surface area (Å²) in [5.74, 6) is 0.662. The van der Waals surface area contributed by atoms with Crippen LogP contribution >= 0.6 is 0 Å². The summed E-state index contributed by atoms with van der Waals surface area (Å²) in [7, 11) is 1.85. The molecule has 4 rings (SSSR count). The molecule has 0 aliphatic carbocycles. The summed E-state index contributed by atoms with van der Waals surface area (Å²) in [5.41, 5.74) is 7.82. The van der Waals surface area contributed by atoms with Crippen LogP contribution in [0.25, 0.3) is 22.6 Å². The van der Waals surface area contributed by atoms with Crippen LogP contribution in [0.3, 0.4) is 0 Å². The number of benzene rings is 1. The van der Waals surface area contributed by atoms with E-state index < -0.39 is 6.04 Å². The zero-order chi connectivity index (χ0) is 24.1. The second kappa shape index (κ2) is 10.2. The zero-order valence-electron chi connectivity index (χ0n) is 18.8. The smallest absolute Gasteiger partial charge is 0.242 e. The summed E-state index contributed by atoms with van der Waals surface area (Å²) in [4.78, 5) is 33.7. The van der Waals surface area contributed by atoms with Crippen molar-refractivity contribution in [1.29, 1.82) is 0 Å². The average Bonchev–Trinajstić information content (AvgIpc) is 3.44. The molecule has 4 aromatic rings. The SMILES string of the molecule is CNCCNc1nonc1-c1nc2ccccc2n1CC(=O)c1ccc(NC(=O)[C@H](C)N)nc1. The normalized spacial score (nSPS) is 12.0. The van der Waals surface area contributed by atoms with Crippen molar-refractivity contribution in [2.24, 2.45) is 5.73 Å². The molecule has 0 unspecified atom stereocenters. The Morgan fingerprint density at radius 2 is 1.97 bits per heavy atom. The number of fused-ring (bicyclic) bond motifs is 1. The third kappa shape index (κ3) is 4.92. The van der Waals surface area contributed by atoms with Gasteiger partial charge in [0, 0.05) is 24.8 Å². The van der Waals surface area contributed by atoms with Crippen molar-refractivity contribution in [2.45, 2.75) is 19.5 Å². The molecule has 3 heterocycles. The topological polar surface area (TPSA) is 166 Å². The number of rotatable bonds is 10. The van der Waals surface area contributed by atoms with Crippen molar-refractivity contribution in [3.05, 3.63) is 48.2 Å². The minimum atomic E-state index is -0.667. The van der Waals surface area contributed by atoms with Crippen molar-refractivity contribution >= 4 is 34.4 Å². The lowest BCUT2D eigenvalue weighted by Gasteiger charge is -2.10. The van der Waals surface area contributed by atoms with Crippen molar-refractivity contribution in [1.82, 2.24) is 30.2 Å². The van der Waals surface area contributed by atoms with Gasteiger partial charge in [0.05, 0.1) is 23.6 Å². The highest BCUT2D eigenvalue weighted by Crippen LogP contribution is 2.28. The first-order valence-electron chi connectivity index (χ1n) is 10.7. The maximum atomic E-state index is 13.1. The van der Waals surface area contributed by atoms with Gasteiger partial charge in [-0.05, 0) is 48.6 Å². The van der Waals surface area contributed by atoms with E-state index in [1.54, 1.807) is 23.6 Å². The number of carbonyl (C=O) groups excluding carboxylic acids is 2. The lowest BCUT2D eigenvalue weighted by molar-refractivity contribution is -0.117. The lowest BCUT2D eigenvalue weighted by Crippen LogP contribution is -2.32. The maximum absolute atomic E-state index is 13.1. The maximum Gasteiger partial charge on any atom is 0.242 e. The Labute approximate surface area is 194 Å². The molecule has 176 valence electrons. The minimum absolute atomic E-state index is 0.00805. The average molecular weight is 464 g/mol. The van der Waals surface area contributed by atoms with Crippen LogP contribution in [-0.2, 0) is 11.3 Å². The van der Waals surface area contributed by atoms with E-state index in [4.69, 9.17) is 10.4 Å². The van der Waals surface area contributed by atoms with Crippen LogP contribution in [0.2, 0.25) is 0 Å². The molecule has 1 atom stereocenters. The monoisotopic (exact) mass is 463 g/mol. The van der Waals surface area contributed by atoms with Gasteiger partial charge in [-0.1, -0.05) is 12.1 Å². The van der Waals surface area contributed by atoms with Crippen LogP contribution in [-0.4, -0.2) is 62.7 Å². The Kier molecular flexibility index (Phi) is 6.90. The van der Waals surface area contributed by atoms with E-state index in [1.165, 1.54) is 6.20 Å². The molecule has 0 saturated heterocycles. The van der Waals surface area contributed by atoms with Crippen LogP contribution in [0, 0.1) is 0 Å². The summed E-state index contributed by atoms with van der Waals surface area (Å²) in [5, 5.41) is 16.8. The number of hydrogen-bond acceptors (Lipinski definition) is 10. The number of aromatic nitrogens is 5. The van der Waals surface area contributed by atoms with E-state index in [-0.39, 0.29) is 18.2 Å². The largest absolute Gasteiger partial charge is 0.364 e. The van der Waals surface area contributed by atoms with Gasteiger partial charge in [0.15, 0.2) is 17.3 Å². The summed E-state index contributed by atoms with van der Waals surface area (Å²) < 4.78 is 6.73. The zero-order valence-corrected chi connectivity index (χ0v) is 18.8. The number of ketones is 1. The first-order valence-corrected chi connectivity index (χ1v) is 10.7. The molecule has 12 heteroatoms. The second-order valence-electron chi connectivity index (χ2n) is 7.64. The number of hydrogen-bond donors (Lipinski definition) is 4. The van der Waals surface area contributed by atoms with Gasteiger partial charge in [0.1, 0.15) is 5.82 Å². The molecule has 0 radical (unpaired) electrons. The molecular formula is C22H25N9O3. The van der Waals surface area contributed by atoms with Crippen molar-refractivity contribution in [3.8, 4) is 11.5 Å². The molecule has 0 aliphatic rings. The van der Waals surface area contributed by atoms with Gasteiger partial charge >= 0.3 is 0 Å². The number of nitrogens with two attached hydrogens (primary N) is 1. The second-order valence-corrected chi connectivity index (χ2v) is 7.64. The lowest BCUT2D eigenvalue weighted by atomic mass is 10.2. The van der Waals surface area contributed by atoms with Gasteiger partial charge in [0.25, 0.3) is 0 Å². The molecule has 1 aromatic carbocycles. The molecule has 0 saturated carbocycles. The summed E-state index contributed by atoms with van der Waals surface area (Å²) in [6.07, 6.45) is 1.42. The van der Waals surface area contributed by atoms with Crippen LogP contribution in [0.4, 0.5) is 11.6 Å². The van der Waals surface area contributed by atoms with E-state index in [2.05, 4.69) is 36.2 Å². The molecule has 1 amide bonds. The Hall–Kier alpha value is -4.16. The van der Waals surface area contributed by atoms with Crippen LogP contribution in [0.5, 0.6) is 0 Å². The Morgan fingerprint density at radius 1 is 1.15 bits per heavy atom. The number of Topliss-reactive ketones (excluding diaryl/α,β-unsaturated/α-hetero) is 1. The van der Waals surface area contributed by atoms with Crippen molar-refractivity contribution in [2.75, 3.05) is 30.8 Å². The fourth-order valence-electron chi connectivity index (χ4n) is 3.28. The van der Waals surface area contributed by atoms with E-state index in [1.807, 2.05) is 31.3 Å². The number of likely N-dealkylation sites (N-methyl/N-ethyl adjacent to an activating group) is 1. The molecule has 0 spiro atoms. The van der Waals surface area contributed by atoms with Gasteiger partial charge in [-0.3, -0.25) is 9.59 Å². The number of pyridine rings is 1. The van der Waals surface area contributed by atoms with Crippen molar-refractivity contribution in [3.63, 3.8) is 0 Å². The van der Waals surface area contributed by atoms with Crippen LogP contribution in [0.15, 0.2) is 47.2 Å². The highest BCUT2D eigenvalue weighted by Gasteiger charge is 2.22. The molecule has 34 heavy (non-hydrogen) atoms. The standard InChI is InChI=1S/C22H25N9O3/c1-13(23)22(33)28-18-8-7-14(11-26-18)17(32)12-31-16-6-4-3-5-15(16)27-21(31)19-20(30-34-29-19)25-10-9-24-2/h3-8,11,13,24H,9-10,12,23H2,1-2H3,(H,25,30)(H,26,28,33)/t13-/m0/s1. The third-order valence-electron chi connectivity index (χ3n) is 5.07. The minimum Gasteiger partial charge on any atom is -0.364 e. The predicted octanol–water partition coefficient (Wildman–Crippen LogP) is 1.28. The number of imidazole rings is 1. The fraction of sp³-hybridized carbons (Fsp3) is 0.273. The molecule has 5 N–H and O–H groups in total. The van der Waals surface area contributed by atoms with Gasteiger partial charge < -0.3 is 26.3 Å². The molecule has 0 fully saturated rings. The van der Waals surface area contributed by atoms with Gasteiger partial charge in [0.2, 0.25) is 11.7 Å². The van der Waals surface area contributed by atoms with E-state index in [0.717, 1.165) is 12.1 Å². The van der Waals surface area contributed by atoms with E-state index >= 15 is 0 Å². The van der Waals surface area contributed by atoms with Crippen molar-refractivity contribution < 1.29 is 14.2 Å². The number of anilines is 2. The summed E-state index contributed by atoms with van der Waals surface area (Å²) in [6.45, 7) is 2.89. The predicted molar refractivity (Wildman–Crippen MR) is 126 cm³/mol. The number of nitrogens with zero attached hydrogens (tertiary/aromatic N) is 5. The Bertz CT molecular complexity index is 1290. The number of amides is 1. The molecule has 0 bridgehead atoms. The number of carbonyl (C=O) groups is 2. The first-order chi connectivity index (χ1) is 16.5. The number of para-hydroxylation sites is 2. The third-order valence-corrected chi connectivity index (χ3v) is 5.07. The van der Waals surface area contributed by atoms with Crippen LogP contribution in [0.1, 0.15) is 17.3 Å². The Balaban J connectivity index is 1.62. The van der Waals surface area contributed by atoms with Gasteiger partial charge in [-0.2, -0.15) is 0 Å². The van der Waals surface area contributed by atoms with E-state index in [0.29, 0.717) is 40.8 Å². The fourth-order valence-corrected chi connectivity index (χ4v) is 3.28. The van der Waals surface area contributed by atoms with Gasteiger partial charge in [-0.25, -0.2) is 14.6 Å². The molecule has 3 aromatic heterocycles. The first kappa shape index (κ1) is 23.0.